The van der Waals surface area contributed by atoms with Crippen LogP contribution in [0.5, 0.6) is 0 Å². The van der Waals surface area contributed by atoms with Gasteiger partial charge in [-0.3, -0.25) is 4.79 Å². The minimum absolute atomic E-state index is 0.0238. The van der Waals surface area contributed by atoms with Gasteiger partial charge in [0.15, 0.2) is 0 Å². The third-order valence-corrected chi connectivity index (χ3v) is 4.08. The fourth-order valence-corrected chi connectivity index (χ4v) is 2.54. The Kier molecular flexibility index (Phi) is 4.79. The van der Waals surface area contributed by atoms with Crippen LogP contribution in [0.4, 0.5) is 5.69 Å². The molecule has 124 valence electrons. The summed E-state index contributed by atoms with van der Waals surface area (Å²) in [7, 11) is 0. The molecule has 0 aliphatic heterocycles. The molecule has 3 N–H and O–H groups in total. The van der Waals surface area contributed by atoms with E-state index in [1.807, 2.05) is 30.3 Å². The summed E-state index contributed by atoms with van der Waals surface area (Å²) in [5.74, 6) is 0.864. The van der Waals surface area contributed by atoms with Gasteiger partial charge >= 0.3 is 0 Å². The molecule has 0 atom stereocenters. The number of amides is 1. The lowest BCUT2D eigenvalue weighted by molar-refractivity contribution is -0.119. The Morgan fingerprint density at radius 3 is 2.75 bits per heavy atom. The first-order valence-corrected chi connectivity index (χ1v) is 8.13. The summed E-state index contributed by atoms with van der Waals surface area (Å²) in [6, 6.07) is 14.0. The van der Waals surface area contributed by atoms with Gasteiger partial charge in [-0.15, -0.1) is 0 Å². The van der Waals surface area contributed by atoms with Gasteiger partial charge in [-0.05, 0) is 49.2 Å². The summed E-state index contributed by atoms with van der Waals surface area (Å²) in [6.45, 7) is 4.97. The van der Waals surface area contributed by atoms with E-state index in [0.29, 0.717) is 13.0 Å². The van der Waals surface area contributed by atoms with Crippen molar-refractivity contribution in [2.24, 2.45) is 0 Å². The highest BCUT2D eigenvalue weighted by Crippen LogP contribution is 2.13. The van der Waals surface area contributed by atoms with Gasteiger partial charge in [-0.2, -0.15) is 0 Å². The van der Waals surface area contributed by atoms with Crippen LogP contribution in [0.1, 0.15) is 17.0 Å². The topological polar surface area (TPSA) is 69.8 Å². The lowest BCUT2D eigenvalue weighted by atomic mass is 10.1. The third-order valence-electron chi connectivity index (χ3n) is 4.08. The van der Waals surface area contributed by atoms with Crippen molar-refractivity contribution in [3.8, 4) is 0 Å². The minimum atomic E-state index is -0.0238. The van der Waals surface area contributed by atoms with E-state index in [2.05, 4.69) is 46.6 Å². The number of nitrogens with zero attached hydrogens (tertiary/aromatic N) is 1. The molecule has 2 aromatic carbocycles. The zero-order valence-electron chi connectivity index (χ0n) is 14.0. The highest BCUT2D eigenvalue weighted by molar-refractivity contribution is 5.80. The molecule has 0 saturated heterocycles. The molecule has 0 aliphatic rings. The summed E-state index contributed by atoms with van der Waals surface area (Å²) in [5, 5.41) is 6.06. The van der Waals surface area contributed by atoms with E-state index in [-0.39, 0.29) is 12.5 Å². The first kappa shape index (κ1) is 16.1. The predicted molar refractivity (Wildman–Crippen MR) is 97.2 cm³/mol. The average molecular weight is 322 g/mol. The number of anilines is 1. The Bertz CT molecular complexity index is 820. The molecule has 0 bridgehead atoms. The van der Waals surface area contributed by atoms with Gasteiger partial charge in [0.1, 0.15) is 5.82 Å². The normalized spacial score (nSPS) is 10.8. The summed E-state index contributed by atoms with van der Waals surface area (Å²) >= 11 is 0. The summed E-state index contributed by atoms with van der Waals surface area (Å²) in [6.07, 6.45) is 0.685. The minimum Gasteiger partial charge on any atom is -0.376 e. The van der Waals surface area contributed by atoms with Gasteiger partial charge in [0.2, 0.25) is 5.91 Å². The van der Waals surface area contributed by atoms with Crippen molar-refractivity contribution >= 4 is 22.6 Å². The van der Waals surface area contributed by atoms with Crippen molar-refractivity contribution in [2.75, 3.05) is 18.4 Å². The molecular formula is C19H22N4O. The maximum Gasteiger partial charge on any atom is 0.239 e. The van der Waals surface area contributed by atoms with E-state index in [1.54, 1.807) is 0 Å². The molecule has 0 aliphatic carbocycles. The van der Waals surface area contributed by atoms with E-state index in [0.717, 1.165) is 22.5 Å². The highest BCUT2D eigenvalue weighted by Gasteiger charge is 2.04. The second-order valence-electron chi connectivity index (χ2n) is 5.95. The lowest BCUT2D eigenvalue weighted by Crippen LogP contribution is -2.31. The molecule has 0 spiro atoms. The number of aromatic amines is 1. The zero-order valence-corrected chi connectivity index (χ0v) is 14.0. The molecule has 5 heteroatoms. The van der Waals surface area contributed by atoms with Crippen LogP contribution in [0.3, 0.4) is 0 Å². The lowest BCUT2D eigenvalue weighted by Gasteiger charge is -2.09. The number of imidazole rings is 1. The maximum absolute atomic E-state index is 11.9. The Labute approximate surface area is 141 Å². The van der Waals surface area contributed by atoms with Crippen LogP contribution in [0.25, 0.3) is 11.0 Å². The quantitative estimate of drug-likeness (QED) is 0.653. The monoisotopic (exact) mass is 322 g/mol. The number of fused-ring (bicyclic) bond motifs is 1. The maximum atomic E-state index is 11.9. The first-order valence-electron chi connectivity index (χ1n) is 8.13. The molecule has 1 amide bonds. The Balaban J connectivity index is 1.44. The van der Waals surface area contributed by atoms with E-state index in [4.69, 9.17) is 0 Å². The molecule has 5 nitrogen and oxygen atoms in total. The molecule has 1 heterocycles. The molecule has 0 fully saturated rings. The number of H-pyrrole nitrogens is 1. The number of carbonyl (C=O) groups is 1. The highest BCUT2D eigenvalue weighted by atomic mass is 16.1. The standard InChI is InChI=1S/C19H22N4O/c1-13-7-8-15(11-14(13)2)21-12-19(24)20-10-9-18-22-16-5-3-4-6-17(16)23-18/h3-8,11,21H,9-10,12H2,1-2H3,(H,20,24)(H,22,23). The van der Waals surface area contributed by atoms with E-state index >= 15 is 0 Å². The number of benzene rings is 2. The van der Waals surface area contributed by atoms with Crippen molar-refractivity contribution in [2.45, 2.75) is 20.3 Å². The molecule has 1 aromatic heterocycles. The van der Waals surface area contributed by atoms with Gasteiger partial charge < -0.3 is 15.6 Å². The predicted octanol–water partition coefficient (Wildman–Crippen LogP) is 2.95. The Morgan fingerprint density at radius 1 is 1.12 bits per heavy atom. The second kappa shape index (κ2) is 7.17. The van der Waals surface area contributed by atoms with E-state index in [9.17, 15) is 4.79 Å². The third kappa shape index (κ3) is 3.93. The molecular weight excluding hydrogens is 300 g/mol. The van der Waals surface area contributed by atoms with Crippen molar-refractivity contribution in [3.05, 3.63) is 59.4 Å². The van der Waals surface area contributed by atoms with E-state index < -0.39 is 0 Å². The van der Waals surface area contributed by atoms with Gasteiger partial charge in [0.25, 0.3) is 0 Å². The largest absolute Gasteiger partial charge is 0.376 e. The number of nitrogens with one attached hydrogen (secondary N) is 3. The van der Waals surface area contributed by atoms with Crippen molar-refractivity contribution in [1.29, 1.82) is 0 Å². The molecule has 3 rings (SSSR count). The van der Waals surface area contributed by atoms with Gasteiger partial charge in [-0.25, -0.2) is 4.98 Å². The first-order chi connectivity index (χ1) is 11.6. The van der Waals surface area contributed by atoms with Crippen LogP contribution in [-0.2, 0) is 11.2 Å². The van der Waals surface area contributed by atoms with E-state index in [1.165, 1.54) is 11.1 Å². The molecule has 0 unspecified atom stereocenters. The number of para-hydroxylation sites is 2. The number of carbonyl (C=O) groups excluding carboxylic acids is 1. The number of aromatic nitrogens is 2. The summed E-state index contributed by atoms with van der Waals surface area (Å²) in [5.41, 5.74) is 5.40. The van der Waals surface area contributed by atoms with Crippen LogP contribution in [-0.4, -0.2) is 29.0 Å². The average Bonchev–Trinajstić information content (AvgIpc) is 2.98. The summed E-state index contributed by atoms with van der Waals surface area (Å²) < 4.78 is 0. The Morgan fingerprint density at radius 2 is 1.96 bits per heavy atom. The van der Waals surface area contributed by atoms with Crippen LogP contribution in [0, 0.1) is 13.8 Å². The Hall–Kier alpha value is -2.82. The number of rotatable bonds is 6. The van der Waals surface area contributed by atoms with Crippen LogP contribution in [0.2, 0.25) is 0 Å². The molecule has 0 saturated carbocycles. The SMILES string of the molecule is Cc1ccc(NCC(=O)NCCc2nc3ccccc3[nH]2)cc1C. The number of hydrogen-bond acceptors (Lipinski definition) is 3. The zero-order chi connectivity index (χ0) is 16.9. The van der Waals surface area contributed by atoms with Crippen molar-refractivity contribution in [3.63, 3.8) is 0 Å². The molecule has 3 aromatic rings. The smallest absolute Gasteiger partial charge is 0.239 e. The fourth-order valence-electron chi connectivity index (χ4n) is 2.54. The van der Waals surface area contributed by atoms with Crippen molar-refractivity contribution in [1.82, 2.24) is 15.3 Å². The molecule has 24 heavy (non-hydrogen) atoms. The molecule has 0 radical (unpaired) electrons. The summed E-state index contributed by atoms with van der Waals surface area (Å²) in [4.78, 5) is 19.7. The van der Waals surface area contributed by atoms with Crippen LogP contribution in [0.15, 0.2) is 42.5 Å². The fraction of sp³-hybridized carbons (Fsp3) is 0.263. The van der Waals surface area contributed by atoms with Gasteiger partial charge in [0.05, 0.1) is 17.6 Å². The van der Waals surface area contributed by atoms with Gasteiger partial charge in [0, 0.05) is 18.7 Å². The number of hydrogen-bond donors (Lipinski definition) is 3. The van der Waals surface area contributed by atoms with Crippen LogP contribution >= 0.6 is 0 Å². The number of aryl methyl sites for hydroxylation is 2. The second-order valence-corrected chi connectivity index (χ2v) is 5.95. The van der Waals surface area contributed by atoms with Crippen LogP contribution < -0.4 is 10.6 Å². The van der Waals surface area contributed by atoms with Gasteiger partial charge in [-0.1, -0.05) is 18.2 Å². The van der Waals surface area contributed by atoms with Crippen molar-refractivity contribution < 1.29 is 4.79 Å².